The van der Waals surface area contributed by atoms with Gasteiger partial charge in [-0.25, -0.2) is 0 Å². The highest BCUT2D eigenvalue weighted by Gasteiger charge is 2.34. The highest BCUT2D eigenvalue weighted by Crippen LogP contribution is 2.22. The van der Waals surface area contributed by atoms with Crippen LogP contribution in [0.25, 0.3) is 0 Å². The van der Waals surface area contributed by atoms with E-state index in [2.05, 4.69) is 12.2 Å². The molecule has 0 unspecified atom stereocenters. The van der Waals surface area contributed by atoms with Crippen molar-refractivity contribution in [1.29, 1.82) is 0 Å². The molecule has 0 bridgehead atoms. The van der Waals surface area contributed by atoms with Crippen LogP contribution in [0.3, 0.4) is 0 Å². The van der Waals surface area contributed by atoms with Gasteiger partial charge in [0.15, 0.2) is 0 Å². The fourth-order valence-corrected chi connectivity index (χ4v) is 2.11. The topological polar surface area (TPSA) is 49.4 Å². The minimum Gasteiger partial charge on any atom is -0.317 e. The summed E-state index contributed by atoms with van der Waals surface area (Å²) in [6.45, 7) is 4.41. The molecule has 4 heteroatoms. The molecule has 0 aliphatic carbocycles. The predicted molar refractivity (Wildman–Crippen MR) is 69.6 cm³/mol. The van der Waals surface area contributed by atoms with E-state index >= 15 is 0 Å². The van der Waals surface area contributed by atoms with Gasteiger partial charge >= 0.3 is 0 Å². The number of imide groups is 1. The fourth-order valence-electron chi connectivity index (χ4n) is 2.11. The monoisotopic (exact) mass is 246 g/mol. The van der Waals surface area contributed by atoms with Gasteiger partial charge in [-0.1, -0.05) is 19.1 Å². The Labute approximate surface area is 107 Å². The number of carbonyl (C=O) groups excluding carboxylic acids is 2. The second kappa shape index (κ2) is 5.78. The number of amides is 2. The van der Waals surface area contributed by atoms with E-state index in [0.717, 1.165) is 25.9 Å². The molecule has 2 rings (SSSR count). The number of nitrogens with zero attached hydrogens (tertiary/aromatic N) is 1. The number of nitrogens with one attached hydrogen (secondary N) is 1. The van der Waals surface area contributed by atoms with Crippen LogP contribution in [-0.4, -0.2) is 36.3 Å². The van der Waals surface area contributed by atoms with Gasteiger partial charge in [-0.05, 0) is 38.1 Å². The molecule has 0 atom stereocenters. The Hall–Kier alpha value is -1.68. The fraction of sp³-hybridized carbons (Fsp3) is 0.429. The van der Waals surface area contributed by atoms with E-state index in [-0.39, 0.29) is 11.8 Å². The van der Waals surface area contributed by atoms with Crippen LogP contribution in [0.4, 0.5) is 0 Å². The summed E-state index contributed by atoms with van der Waals surface area (Å²) in [6.07, 6.45) is 1.89. The van der Waals surface area contributed by atoms with Gasteiger partial charge in [0.05, 0.1) is 11.1 Å². The highest BCUT2D eigenvalue weighted by atomic mass is 16.2. The van der Waals surface area contributed by atoms with Gasteiger partial charge in [0.2, 0.25) is 0 Å². The molecule has 1 aromatic carbocycles. The van der Waals surface area contributed by atoms with Gasteiger partial charge in [-0.15, -0.1) is 0 Å². The summed E-state index contributed by atoms with van der Waals surface area (Å²) in [5.41, 5.74) is 1.06. The van der Waals surface area contributed by atoms with Gasteiger partial charge < -0.3 is 5.32 Å². The van der Waals surface area contributed by atoms with Crippen molar-refractivity contribution >= 4 is 11.8 Å². The van der Waals surface area contributed by atoms with Crippen molar-refractivity contribution in [3.8, 4) is 0 Å². The zero-order valence-electron chi connectivity index (χ0n) is 10.6. The van der Waals surface area contributed by atoms with Crippen molar-refractivity contribution in [2.45, 2.75) is 19.8 Å². The van der Waals surface area contributed by atoms with Crippen molar-refractivity contribution in [3.05, 3.63) is 35.4 Å². The SMILES string of the molecule is CCCNCCCN1C(=O)c2ccccc2C1=O. The third-order valence-corrected chi connectivity index (χ3v) is 3.04. The molecule has 0 fully saturated rings. The lowest BCUT2D eigenvalue weighted by molar-refractivity contribution is 0.0652. The van der Waals surface area contributed by atoms with Crippen LogP contribution >= 0.6 is 0 Å². The zero-order chi connectivity index (χ0) is 13.0. The number of fused-ring (bicyclic) bond motifs is 1. The normalized spacial score (nSPS) is 14.2. The maximum absolute atomic E-state index is 12.0. The van der Waals surface area contributed by atoms with Crippen molar-refractivity contribution in [2.24, 2.45) is 0 Å². The Morgan fingerprint density at radius 3 is 2.22 bits per heavy atom. The Bertz CT molecular complexity index is 422. The first-order chi connectivity index (χ1) is 8.75. The molecule has 1 aliphatic heterocycles. The molecule has 0 aromatic heterocycles. The van der Waals surface area contributed by atoms with Crippen LogP contribution < -0.4 is 5.32 Å². The Kier molecular flexibility index (Phi) is 4.10. The molecule has 0 radical (unpaired) electrons. The molecule has 1 aromatic rings. The number of carbonyl (C=O) groups is 2. The standard InChI is InChI=1S/C14H18N2O2/c1-2-8-15-9-5-10-16-13(17)11-6-3-4-7-12(11)14(16)18/h3-4,6-7,15H,2,5,8-10H2,1H3. The summed E-state index contributed by atoms with van der Waals surface area (Å²) in [6, 6.07) is 7.00. The van der Waals surface area contributed by atoms with Crippen molar-refractivity contribution in [1.82, 2.24) is 10.2 Å². The van der Waals surface area contributed by atoms with E-state index in [1.807, 2.05) is 0 Å². The Balaban J connectivity index is 1.93. The quantitative estimate of drug-likeness (QED) is 0.613. The van der Waals surface area contributed by atoms with Crippen LogP contribution in [-0.2, 0) is 0 Å². The van der Waals surface area contributed by atoms with Crippen molar-refractivity contribution in [3.63, 3.8) is 0 Å². The van der Waals surface area contributed by atoms with Crippen LogP contribution in [0.1, 0.15) is 40.5 Å². The molecule has 1 heterocycles. The lowest BCUT2D eigenvalue weighted by atomic mass is 10.1. The first kappa shape index (κ1) is 12.8. The van der Waals surface area contributed by atoms with Gasteiger partial charge in [-0.3, -0.25) is 14.5 Å². The van der Waals surface area contributed by atoms with E-state index in [0.29, 0.717) is 17.7 Å². The molecule has 18 heavy (non-hydrogen) atoms. The molecule has 1 aliphatic rings. The maximum Gasteiger partial charge on any atom is 0.261 e. The van der Waals surface area contributed by atoms with Crippen LogP contribution in [0.15, 0.2) is 24.3 Å². The Morgan fingerprint density at radius 2 is 1.67 bits per heavy atom. The molecule has 0 saturated heterocycles. The molecular formula is C14H18N2O2. The first-order valence-corrected chi connectivity index (χ1v) is 6.41. The van der Waals surface area contributed by atoms with Gasteiger partial charge in [0.1, 0.15) is 0 Å². The van der Waals surface area contributed by atoms with Crippen LogP contribution in [0.2, 0.25) is 0 Å². The molecule has 2 amide bonds. The summed E-state index contributed by atoms with van der Waals surface area (Å²) in [5.74, 6) is -0.322. The molecule has 0 saturated carbocycles. The average molecular weight is 246 g/mol. The number of hydrogen-bond acceptors (Lipinski definition) is 3. The smallest absolute Gasteiger partial charge is 0.261 e. The molecular weight excluding hydrogens is 228 g/mol. The van der Waals surface area contributed by atoms with Crippen LogP contribution in [0, 0.1) is 0 Å². The van der Waals surface area contributed by atoms with E-state index in [9.17, 15) is 9.59 Å². The molecule has 1 N–H and O–H groups in total. The van der Waals surface area contributed by atoms with Gasteiger partial charge in [0, 0.05) is 6.54 Å². The lowest BCUT2D eigenvalue weighted by Gasteiger charge is -2.13. The second-order valence-electron chi connectivity index (χ2n) is 4.41. The largest absolute Gasteiger partial charge is 0.317 e. The predicted octanol–water partition coefficient (Wildman–Crippen LogP) is 1.67. The van der Waals surface area contributed by atoms with Gasteiger partial charge in [-0.2, -0.15) is 0 Å². The number of hydrogen-bond donors (Lipinski definition) is 1. The highest BCUT2D eigenvalue weighted by molar-refractivity contribution is 6.21. The Morgan fingerprint density at radius 1 is 1.06 bits per heavy atom. The zero-order valence-corrected chi connectivity index (χ0v) is 10.6. The van der Waals surface area contributed by atoms with Crippen molar-refractivity contribution in [2.75, 3.05) is 19.6 Å². The van der Waals surface area contributed by atoms with E-state index in [1.165, 1.54) is 4.90 Å². The third-order valence-electron chi connectivity index (χ3n) is 3.04. The van der Waals surface area contributed by atoms with E-state index in [1.54, 1.807) is 24.3 Å². The molecule has 4 nitrogen and oxygen atoms in total. The van der Waals surface area contributed by atoms with E-state index in [4.69, 9.17) is 0 Å². The number of rotatable bonds is 6. The van der Waals surface area contributed by atoms with Crippen LogP contribution in [0.5, 0.6) is 0 Å². The van der Waals surface area contributed by atoms with E-state index < -0.39 is 0 Å². The number of benzene rings is 1. The summed E-state index contributed by atoms with van der Waals surface area (Å²) in [5, 5.41) is 3.26. The minimum atomic E-state index is -0.161. The van der Waals surface area contributed by atoms with Crippen molar-refractivity contribution < 1.29 is 9.59 Å². The third kappa shape index (κ3) is 2.43. The summed E-state index contributed by atoms with van der Waals surface area (Å²) < 4.78 is 0. The van der Waals surface area contributed by atoms with Gasteiger partial charge in [0.25, 0.3) is 11.8 Å². The molecule has 0 spiro atoms. The average Bonchev–Trinajstić information content (AvgIpc) is 2.64. The summed E-state index contributed by atoms with van der Waals surface area (Å²) in [4.78, 5) is 25.4. The first-order valence-electron chi connectivity index (χ1n) is 6.41. The molecule has 96 valence electrons. The summed E-state index contributed by atoms with van der Waals surface area (Å²) >= 11 is 0. The maximum atomic E-state index is 12.0. The lowest BCUT2D eigenvalue weighted by Crippen LogP contribution is -2.32. The second-order valence-corrected chi connectivity index (χ2v) is 4.41. The summed E-state index contributed by atoms with van der Waals surface area (Å²) in [7, 11) is 0. The minimum absolute atomic E-state index is 0.161.